The molecule has 2 aliphatic heterocycles. The first-order valence-corrected chi connectivity index (χ1v) is 13.0. The highest BCUT2D eigenvalue weighted by Crippen LogP contribution is 2.38. The van der Waals surface area contributed by atoms with E-state index in [0.717, 1.165) is 43.0 Å². The fourth-order valence-corrected chi connectivity index (χ4v) is 5.20. The van der Waals surface area contributed by atoms with Crippen LogP contribution in [0, 0.1) is 0 Å². The van der Waals surface area contributed by atoms with E-state index in [4.69, 9.17) is 35.9 Å². The molecule has 2 heterocycles. The summed E-state index contributed by atoms with van der Waals surface area (Å²) >= 11 is 6.46. The second-order valence-corrected chi connectivity index (χ2v) is 10.1. The molecule has 0 spiro atoms. The van der Waals surface area contributed by atoms with Crippen molar-refractivity contribution in [2.24, 2.45) is 0 Å². The molecule has 0 bridgehead atoms. The number of benzene rings is 1. The van der Waals surface area contributed by atoms with Gasteiger partial charge in [0.25, 0.3) is 5.91 Å². The lowest BCUT2D eigenvalue weighted by Gasteiger charge is -2.46. The standard InChI is InChI=1S/C26H27NO10S2/c1-14(28)33-13-19-21(34-15(2)29)22(35-16(3)30)23(36-17(4)31)25(37-19)27-24(32)20(39-26(27)38)12-8-11-18-9-6-5-7-10-18/h5-12,19,21-23,25H,13H2,1-4H3/b11-8+,20-12+/t19-,21-,22-,23+,25-/m0/s1. The maximum Gasteiger partial charge on any atom is 0.303 e. The first-order chi connectivity index (χ1) is 18.5. The second-order valence-electron chi connectivity index (χ2n) is 8.43. The molecular weight excluding hydrogens is 550 g/mol. The van der Waals surface area contributed by atoms with Crippen LogP contribution < -0.4 is 0 Å². The number of hydrogen-bond acceptors (Lipinski definition) is 12. The second kappa shape index (κ2) is 13.5. The van der Waals surface area contributed by atoms with E-state index in [-0.39, 0.29) is 9.23 Å². The molecule has 3 rings (SSSR count). The van der Waals surface area contributed by atoms with Gasteiger partial charge in [0.05, 0.1) is 4.91 Å². The summed E-state index contributed by atoms with van der Waals surface area (Å²) < 4.78 is 27.5. The monoisotopic (exact) mass is 577 g/mol. The molecule has 1 aromatic rings. The summed E-state index contributed by atoms with van der Waals surface area (Å²) in [5, 5.41) is 0. The van der Waals surface area contributed by atoms with Crippen molar-refractivity contribution in [2.75, 3.05) is 6.61 Å². The summed E-state index contributed by atoms with van der Waals surface area (Å²) in [4.78, 5) is 62.4. The number of hydrogen-bond donors (Lipinski definition) is 0. The smallest absolute Gasteiger partial charge is 0.303 e. The highest BCUT2D eigenvalue weighted by atomic mass is 32.2. The minimum absolute atomic E-state index is 0.0836. The number of carbonyl (C=O) groups excluding carboxylic acids is 5. The number of carbonyl (C=O) groups is 5. The highest BCUT2D eigenvalue weighted by Gasteiger charge is 2.56. The maximum atomic E-state index is 13.5. The van der Waals surface area contributed by atoms with Gasteiger partial charge in [0.1, 0.15) is 12.7 Å². The van der Waals surface area contributed by atoms with Crippen molar-refractivity contribution in [3.05, 3.63) is 53.0 Å². The maximum absolute atomic E-state index is 13.5. The average Bonchev–Trinajstić information content (AvgIpc) is 3.13. The first-order valence-electron chi connectivity index (χ1n) is 11.8. The normalized spacial score (nSPS) is 26.0. The summed E-state index contributed by atoms with van der Waals surface area (Å²) in [7, 11) is 0. The number of thiocarbonyl (C=S) groups is 1. The van der Waals surface area contributed by atoms with E-state index in [2.05, 4.69) is 0 Å². The van der Waals surface area contributed by atoms with E-state index in [1.54, 1.807) is 18.2 Å². The van der Waals surface area contributed by atoms with Gasteiger partial charge in [-0.25, -0.2) is 0 Å². The van der Waals surface area contributed by atoms with Crippen LogP contribution in [0.1, 0.15) is 33.3 Å². The van der Waals surface area contributed by atoms with E-state index in [1.165, 1.54) is 6.92 Å². The Bertz CT molecular complexity index is 1200. The minimum atomic E-state index is -1.44. The quantitative estimate of drug-likeness (QED) is 0.194. The van der Waals surface area contributed by atoms with Gasteiger partial charge in [0.2, 0.25) is 0 Å². The van der Waals surface area contributed by atoms with Crippen LogP contribution in [-0.2, 0) is 47.7 Å². The van der Waals surface area contributed by atoms with Crippen LogP contribution in [0.15, 0.2) is 47.4 Å². The summed E-state index contributed by atoms with van der Waals surface area (Å²) in [6, 6.07) is 9.43. The molecule has 0 aromatic heterocycles. The predicted octanol–water partition coefficient (Wildman–Crippen LogP) is 2.53. The van der Waals surface area contributed by atoms with Gasteiger partial charge in [-0.1, -0.05) is 66.5 Å². The van der Waals surface area contributed by atoms with Crippen molar-refractivity contribution in [2.45, 2.75) is 58.3 Å². The van der Waals surface area contributed by atoms with Gasteiger partial charge in [-0.15, -0.1) is 0 Å². The Labute approximate surface area is 234 Å². The summed E-state index contributed by atoms with van der Waals surface area (Å²) in [6.07, 6.45) is -1.72. The molecular formula is C26H27NO10S2. The molecule has 1 aromatic carbocycles. The Kier molecular flexibility index (Phi) is 10.4. The molecule has 208 valence electrons. The van der Waals surface area contributed by atoms with E-state index < -0.39 is 67.0 Å². The number of esters is 4. The molecule has 11 nitrogen and oxygen atoms in total. The Hall–Kier alpha value is -3.55. The number of nitrogens with zero attached hydrogens (tertiary/aromatic N) is 1. The third-order valence-corrected chi connectivity index (χ3v) is 6.73. The van der Waals surface area contributed by atoms with Crippen molar-refractivity contribution in [1.29, 1.82) is 0 Å². The molecule has 5 atom stereocenters. The lowest BCUT2D eigenvalue weighted by molar-refractivity contribution is -0.268. The fraction of sp³-hybridized carbons (Fsp3) is 0.385. The molecule has 2 fully saturated rings. The lowest BCUT2D eigenvalue weighted by atomic mass is 9.96. The topological polar surface area (TPSA) is 135 Å². The molecule has 0 radical (unpaired) electrons. The van der Waals surface area contributed by atoms with Crippen LogP contribution in [0.4, 0.5) is 0 Å². The minimum Gasteiger partial charge on any atom is -0.463 e. The number of amides is 1. The van der Waals surface area contributed by atoms with E-state index in [9.17, 15) is 24.0 Å². The van der Waals surface area contributed by atoms with Crippen molar-refractivity contribution < 1.29 is 47.7 Å². The number of rotatable bonds is 8. The Morgan fingerprint density at radius 1 is 0.923 bits per heavy atom. The van der Waals surface area contributed by atoms with Crippen LogP contribution >= 0.6 is 24.0 Å². The van der Waals surface area contributed by atoms with Crippen LogP contribution in [0.5, 0.6) is 0 Å². The highest BCUT2D eigenvalue weighted by molar-refractivity contribution is 8.26. The number of allylic oxidation sites excluding steroid dienone is 2. The predicted molar refractivity (Wildman–Crippen MR) is 143 cm³/mol. The third-order valence-electron chi connectivity index (χ3n) is 5.38. The van der Waals surface area contributed by atoms with E-state index in [0.29, 0.717) is 0 Å². The number of ether oxygens (including phenoxy) is 5. The largest absolute Gasteiger partial charge is 0.463 e. The van der Waals surface area contributed by atoms with Gasteiger partial charge in [-0.05, 0) is 11.6 Å². The average molecular weight is 578 g/mol. The summed E-state index contributed by atoms with van der Waals surface area (Å²) in [5.74, 6) is -3.52. The number of thioether (sulfide) groups is 1. The van der Waals surface area contributed by atoms with E-state index >= 15 is 0 Å². The molecule has 2 saturated heterocycles. The summed E-state index contributed by atoms with van der Waals surface area (Å²) in [5.41, 5.74) is 0.920. The van der Waals surface area contributed by atoms with Crippen molar-refractivity contribution in [3.63, 3.8) is 0 Å². The lowest BCUT2D eigenvalue weighted by Crippen LogP contribution is -2.66. The van der Waals surface area contributed by atoms with E-state index in [1.807, 2.05) is 30.3 Å². The zero-order chi connectivity index (χ0) is 28.7. The third kappa shape index (κ3) is 7.97. The first kappa shape index (κ1) is 30.0. The molecule has 0 saturated carbocycles. The molecule has 39 heavy (non-hydrogen) atoms. The van der Waals surface area contributed by atoms with Gasteiger partial charge in [-0.3, -0.25) is 28.9 Å². The van der Waals surface area contributed by atoms with Gasteiger partial charge in [-0.2, -0.15) is 0 Å². The van der Waals surface area contributed by atoms with Gasteiger partial charge in [0, 0.05) is 27.7 Å². The molecule has 2 aliphatic rings. The van der Waals surface area contributed by atoms with Crippen LogP contribution in [-0.4, -0.2) is 76.3 Å². The Morgan fingerprint density at radius 3 is 2.10 bits per heavy atom. The molecule has 0 aliphatic carbocycles. The summed E-state index contributed by atoms with van der Waals surface area (Å²) in [6.45, 7) is 4.10. The fourth-order valence-electron chi connectivity index (χ4n) is 3.94. The van der Waals surface area contributed by atoms with Crippen LogP contribution in [0.2, 0.25) is 0 Å². The van der Waals surface area contributed by atoms with Gasteiger partial charge < -0.3 is 23.7 Å². The zero-order valence-corrected chi connectivity index (χ0v) is 23.2. The molecule has 1 amide bonds. The van der Waals surface area contributed by atoms with Gasteiger partial charge in [0.15, 0.2) is 28.9 Å². The molecule has 0 N–H and O–H groups in total. The Morgan fingerprint density at radius 2 is 1.51 bits per heavy atom. The Balaban J connectivity index is 1.99. The van der Waals surface area contributed by atoms with Gasteiger partial charge >= 0.3 is 23.9 Å². The van der Waals surface area contributed by atoms with Crippen LogP contribution in [0.25, 0.3) is 6.08 Å². The zero-order valence-electron chi connectivity index (χ0n) is 21.6. The van der Waals surface area contributed by atoms with Crippen molar-refractivity contribution in [3.8, 4) is 0 Å². The SMILES string of the molecule is CC(=O)OC[C@@H]1O[C@H](N2C(=O)/C(=C\C=C\c3ccccc3)SC2=S)[C@H](OC(C)=O)[C@@H](OC(C)=O)[C@H]1OC(C)=O. The van der Waals surface area contributed by atoms with Crippen LogP contribution in [0.3, 0.4) is 0 Å². The molecule has 0 unspecified atom stereocenters. The molecule has 13 heteroatoms. The van der Waals surface area contributed by atoms with Crippen molar-refractivity contribution in [1.82, 2.24) is 4.90 Å². The van der Waals surface area contributed by atoms with Crippen molar-refractivity contribution >= 4 is 64.2 Å².